The van der Waals surface area contributed by atoms with E-state index in [0.717, 1.165) is 5.56 Å². The number of allylic oxidation sites excluding steroid dienone is 3. The van der Waals surface area contributed by atoms with Crippen molar-refractivity contribution < 1.29 is 14.5 Å². The van der Waals surface area contributed by atoms with Crippen molar-refractivity contribution in [3.05, 3.63) is 86.9 Å². The van der Waals surface area contributed by atoms with Crippen molar-refractivity contribution in [1.82, 2.24) is 5.43 Å². The van der Waals surface area contributed by atoms with Crippen LogP contribution in [0.3, 0.4) is 0 Å². The molecule has 8 heteroatoms. The summed E-state index contributed by atoms with van der Waals surface area (Å²) in [4.78, 5) is 22.0. The highest BCUT2D eigenvalue weighted by Crippen LogP contribution is 2.28. The molecule has 1 N–H and O–H groups in total. The Balaban J connectivity index is 1.80. The van der Waals surface area contributed by atoms with E-state index in [4.69, 9.17) is 4.74 Å². The molecule has 2 aromatic rings. The second kappa shape index (κ2) is 10.8. The van der Waals surface area contributed by atoms with E-state index in [1.54, 1.807) is 13.0 Å². The van der Waals surface area contributed by atoms with E-state index in [-0.39, 0.29) is 12.3 Å². The molecule has 0 bridgehead atoms. The van der Waals surface area contributed by atoms with Crippen LogP contribution in [0.1, 0.15) is 12.5 Å². The van der Waals surface area contributed by atoms with E-state index in [0.29, 0.717) is 15.9 Å². The van der Waals surface area contributed by atoms with Gasteiger partial charge in [-0.2, -0.15) is 5.10 Å². The number of nitro benzene ring substituents is 1. The number of amides is 1. The Kier molecular flexibility index (Phi) is 8.11. The fraction of sp³-hybridized carbons (Fsp3) is 0.100. The number of non-ortho nitro benzene ring substituents is 1. The highest BCUT2D eigenvalue weighted by atomic mass is 79.9. The highest BCUT2D eigenvalue weighted by molar-refractivity contribution is 9.10. The van der Waals surface area contributed by atoms with Crippen LogP contribution >= 0.6 is 15.9 Å². The van der Waals surface area contributed by atoms with Crippen molar-refractivity contribution in [3.63, 3.8) is 0 Å². The minimum absolute atomic E-state index is 0.0722. The van der Waals surface area contributed by atoms with E-state index >= 15 is 0 Å². The lowest BCUT2D eigenvalue weighted by Crippen LogP contribution is -2.25. The summed E-state index contributed by atoms with van der Waals surface area (Å²) in [5.74, 6) is -0.120. The van der Waals surface area contributed by atoms with Gasteiger partial charge < -0.3 is 4.74 Å². The van der Waals surface area contributed by atoms with Gasteiger partial charge >= 0.3 is 0 Å². The molecule has 0 aliphatic rings. The number of carbonyl (C=O) groups is 1. The average Bonchev–Trinajstić information content (AvgIpc) is 2.69. The number of nitrogens with one attached hydrogen (secondary N) is 1. The number of nitro groups is 1. The SMILES string of the molecule is CC(/C=C/C=C/c1ccccc1)=N/NC(=O)COc1ccc([N+](=O)[O-])cc1Br. The Bertz CT molecular complexity index is 924. The predicted molar refractivity (Wildman–Crippen MR) is 112 cm³/mol. The maximum atomic E-state index is 11.8. The van der Waals surface area contributed by atoms with Crippen molar-refractivity contribution >= 4 is 39.3 Å². The van der Waals surface area contributed by atoms with Crippen LogP contribution in [-0.4, -0.2) is 23.1 Å². The third kappa shape index (κ3) is 7.16. The fourth-order valence-corrected chi connectivity index (χ4v) is 2.49. The third-order valence-electron chi connectivity index (χ3n) is 3.38. The predicted octanol–water partition coefficient (Wildman–Crippen LogP) is 4.50. The maximum Gasteiger partial charge on any atom is 0.277 e. The van der Waals surface area contributed by atoms with Crippen molar-refractivity contribution in [2.45, 2.75) is 6.92 Å². The Labute approximate surface area is 170 Å². The average molecular weight is 444 g/mol. The molecule has 0 radical (unpaired) electrons. The molecule has 2 rings (SSSR count). The molecular weight excluding hydrogens is 426 g/mol. The zero-order chi connectivity index (χ0) is 20.4. The second-order valence-corrected chi connectivity index (χ2v) is 6.43. The van der Waals surface area contributed by atoms with Crippen LogP contribution < -0.4 is 10.2 Å². The largest absolute Gasteiger partial charge is 0.483 e. The molecule has 0 spiro atoms. The summed E-state index contributed by atoms with van der Waals surface area (Å²) in [6.07, 6.45) is 7.42. The number of halogens is 1. The Hall–Kier alpha value is -3.26. The van der Waals surface area contributed by atoms with Crippen molar-refractivity contribution in [2.24, 2.45) is 5.10 Å². The van der Waals surface area contributed by atoms with Crippen LogP contribution in [-0.2, 0) is 4.79 Å². The Morgan fingerprint density at radius 3 is 2.68 bits per heavy atom. The Morgan fingerprint density at radius 1 is 1.25 bits per heavy atom. The van der Waals surface area contributed by atoms with Gasteiger partial charge in [0.25, 0.3) is 11.6 Å². The van der Waals surface area contributed by atoms with Crippen LogP contribution in [0, 0.1) is 10.1 Å². The highest BCUT2D eigenvalue weighted by Gasteiger charge is 2.11. The van der Waals surface area contributed by atoms with Gasteiger partial charge in [-0.1, -0.05) is 48.6 Å². The van der Waals surface area contributed by atoms with Gasteiger partial charge in [0.05, 0.1) is 15.1 Å². The molecule has 0 aliphatic heterocycles. The van der Waals surface area contributed by atoms with Crippen LogP contribution in [0.15, 0.2) is 76.3 Å². The number of rotatable bonds is 8. The van der Waals surface area contributed by atoms with Gasteiger partial charge in [-0.05, 0) is 40.6 Å². The standard InChI is InChI=1S/C20H18BrN3O4/c1-15(7-5-6-10-16-8-3-2-4-9-16)22-23-20(25)14-28-19-12-11-17(24(26)27)13-18(19)21/h2-13H,14H2,1H3,(H,23,25)/b7-5+,10-6+,22-15-. The molecule has 2 aromatic carbocycles. The molecular formula is C20H18BrN3O4. The maximum absolute atomic E-state index is 11.8. The van der Waals surface area contributed by atoms with Crippen LogP contribution in [0.25, 0.3) is 6.08 Å². The third-order valence-corrected chi connectivity index (χ3v) is 4.00. The molecule has 7 nitrogen and oxygen atoms in total. The van der Waals surface area contributed by atoms with E-state index in [2.05, 4.69) is 26.5 Å². The first kappa shape index (κ1) is 21.0. The summed E-state index contributed by atoms with van der Waals surface area (Å²) in [6, 6.07) is 13.9. The molecule has 0 fully saturated rings. The van der Waals surface area contributed by atoms with Crippen molar-refractivity contribution in [2.75, 3.05) is 6.61 Å². The van der Waals surface area contributed by atoms with Gasteiger partial charge in [0.15, 0.2) is 6.61 Å². The molecule has 0 aromatic heterocycles. The molecule has 0 atom stereocenters. The number of hydrazone groups is 1. The molecule has 0 unspecified atom stereocenters. The zero-order valence-electron chi connectivity index (χ0n) is 15.0. The van der Waals surface area contributed by atoms with Crippen molar-refractivity contribution in [1.29, 1.82) is 0 Å². The van der Waals surface area contributed by atoms with E-state index in [9.17, 15) is 14.9 Å². The molecule has 0 heterocycles. The first-order valence-corrected chi connectivity index (χ1v) is 9.04. The number of hydrogen-bond acceptors (Lipinski definition) is 5. The smallest absolute Gasteiger partial charge is 0.277 e. The lowest BCUT2D eigenvalue weighted by Gasteiger charge is -2.07. The summed E-state index contributed by atoms with van der Waals surface area (Å²) in [5.41, 5.74) is 4.01. The monoisotopic (exact) mass is 443 g/mol. The van der Waals surface area contributed by atoms with E-state index < -0.39 is 10.8 Å². The number of nitrogens with zero attached hydrogens (tertiary/aromatic N) is 2. The van der Waals surface area contributed by atoms with Crippen molar-refractivity contribution in [3.8, 4) is 5.75 Å². The first-order valence-electron chi connectivity index (χ1n) is 8.25. The molecule has 0 saturated carbocycles. The van der Waals surface area contributed by atoms with Crippen LogP contribution in [0.4, 0.5) is 5.69 Å². The van der Waals surface area contributed by atoms with Gasteiger partial charge in [-0.3, -0.25) is 14.9 Å². The number of ether oxygens (including phenoxy) is 1. The quantitative estimate of drug-likeness (QED) is 0.281. The van der Waals surface area contributed by atoms with Gasteiger partial charge in [0.1, 0.15) is 5.75 Å². The lowest BCUT2D eigenvalue weighted by molar-refractivity contribution is -0.384. The summed E-state index contributed by atoms with van der Waals surface area (Å²) < 4.78 is 5.72. The van der Waals surface area contributed by atoms with Crippen LogP contribution in [0.2, 0.25) is 0 Å². The van der Waals surface area contributed by atoms with E-state index in [1.165, 1.54) is 18.2 Å². The second-order valence-electron chi connectivity index (χ2n) is 5.58. The number of benzene rings is 2. The first-order chi connectivity index (χ1) is 13.5. The summed E-state index contributed by atoms with van der Waals surface area (Å²) in [6.45, 7) is 1.48. The zero-order valence-corrected chi connectivity index (χ0v) is 16.6. The number of hydrogen-bond donors (Lipinski definition) is 1. The fourth-order valence-electron chi connectivity index (χ4n) is 2.01. The van der Waals surface area contributed by atoms with Gasteiger partial charge in [-0.25, -0.2) is 5.43 Å². The Morgan fingerprint density at radius 2 is 2.00 bits per heavy atom. The molecule has 1 amide bonds. The van der Waals surface area contributed by atoms with E-state index in [1.807, 2.05) is 48.6 Å². The lowest BCUT2D eigenvalue weighted by atomic mass is 10.2. The molecule has 0 saturated heterocycles. The number of carbonyl (C=O) groups excluding carboxylic acids is 1. The minimum Gasteiger partial charge on any atom is -0.483 e. The normalized spacial score (nSPS) is 11.7. The van der Waals surface area contributed by atoms with Crippen LogP contribution in [0.5, 0.6) is 5.75 Å². The molecule has 0 aliphatic carbocycles. The minimum atomic E-state index is -0.513. The summed E-state index contributed by atoms with van der Waals surface area (Å²) in [7, 11) is 0. The summed E-state index contributed by atoms with van der Waals surface area (Å²) >= 11 is 3.18. The van der Waals surface area contributed by atoms with Gasteiger partial charge in [0, 0.05) is 12.1 Å². The topological polar surface area (TPSA) is 93.8 Å². The summed E-state index contributed by atoms with van der Waals surface area (Å²) in [5, 5.41) is 14.7. The molecule has 28 heavy (non-hydrogen) atoms. The molecule has 144 valence electrons. The van der Waals surface area contributed by atoms with Gasteiger partial charge in [0.2, 0.25) is 0 Å². The van der Waals surface area contributed by atoms with Gasteiger partial charge in [-0.15, -0.1) is 0 Å².